The second kappa shape index (κ2) is 7.34. The van der Waals surface area contributed by atoms with Crippen molar-refractivity contribution in [3.8, 4) is 11.3 Å². The van der Waals surface area contributed by atoms with Crippen molar-refractivity contribution in [1.82, 2.24) is 9.55 Å². The van der Waals surface area contributed by atoms with E-state index >= 15 is 0 Å². The van der Waals surface area contributed by atoms with Crippen molar-refractivity contribution >= 4 is 44.9 Å². The molecule has 0 bridgehead atoms. The molecule has 0 aliphatic carbocycles. The molecule has 5 nitrogen and oxygen atoms in total. The highest BCUT2D eigenvalue weighted by atomic mass is 35.5. The number of benzene rings is 2. The van der Waals surface area contributed by atoms with Crippen molar-refractivity contribution in [2.75, 3.05) is 5.32 Å². The van der Waals surface area contributed by atoms with E-state index in [2.05, 4.69) is 10.3 Å². The highest BCUT2D eigenvalue weighted by molar-refractivity contribution is 7.14. The number of nitrogens with one attached hydrogen (secondary N) is 1. The summed E-state index contributed by atoms with van der Waals surface area (Å²) in [4.78, 5) is 28.9. The minimum Gasteiger partial charge on any atom is -0.338 e. The summed E-state index contributed by atoms with van der Waals surface area (Å²) in [7, 11) is 0. The zero-order chi connectivity index (χ0) is 18.8. The molecule has 0 spiro atoms. The van der Waals surface area contributed by atoms with Crippen LogP contribution in [0.3, 0.4) is 0 Å². The van der Waals surface area contributed by atoms with Gasteiger partial charge in [-0.3, -0.25) is 9.59 Å². The summed E-state index contributed by atoms with van der Waals surface area (Å²) in [6, 6.07) is 16.3. The molecule has 2 heterocycles. The van der Waals surface area contributed by atoms with E-state index in [1.807, 2.05) is 35.7 Å². The van der Waals surface area contributed by atoms with E-state index in [0.29, 0.717) is 21.1 Å². The third-order valence-corrected chi connectivity index (χ3v) is 5.07. The van der Waals surface area contributed by atoms with E-state index in [1.54, 1.807) is 29.0 Å². The molecule has 0 fully saturated rings. The standard InChI is InChI=1S/C20H14ClN3O2S/c21-14-6-7-17-15(10-14)18(25)8-9-24(17)11-19(26)23-20-22-16(12-27-20)13-4-2-1-3-5-13/h1-10,12H,11H2,(H,22,23,26). The average molecular weight is 396 g/mol. The number of carbonyl (C=O) groups excluding carboxylic acids is 1. The van der Waals surface area contributed by atoms with Crippen LogP contribution < -0.4 is 10.7 Å². The van der Waals surface area contributed by atoms with Crippen LogP contribution in [0.1, 0.15) is 0 Å². The third-order valence-electron chi connectivity index (χ3n) is 4.07. The molecule has 2 aromatic carbocycles. The number of nitrogens with zero attached hydrogens (tertiary/aromatic N) is 2. The molecule has 134 valence electrons. The largest absolute Gasteiger partial charge is 0.338 e. The van der Waals surface area contributed by atoms with E-state index < -0.39 is 0 Å². The number of amides is 1. The van der Waals surface area contributed by atoms with Crippen molar-refractivity contribution in [3.63, 3.8) is 0 Å². The number of hydrogen-bond acceptors (Lipinski definition) is 4. The molecule has 0 saturated heterocycles. The number of aromatic nitrogens is 2. The van der Waals surface area contributed by atoms with Gasteiger partial charge in [-0.2, -0.15) is 0 Å². The fourth-order valence-corrected chi connectivity index (χ4v) is 3.72. The number of fused-ring (bicyclic) bond motifs is 1. The lowest BCUT2D eigenvalue weighted by molar-refractivity contribution is -0.116. The van der Waals surface area contributed by atoms with Gasteiger partial charge in [-0.1, -0.05) is 41.9 Å². The van der Waals surface area contributed by atoms with Gasteiger partial charge < -0.3 is 9.88 Å². The smallest absolute Gasteiger partial charge is 0.246 e. The molecular weight excluding hydrogens is 382 g/mol. The topological polar surface area (TPSA) is 64.0 Å². The molecular formula is C20H14ClN3O2S. The number of thiazole rings is 1. The Morgan fingerprint density at radius 3 is 2.78 bits per heavy atom. The van der Waals surface area contributed by atoms with Crippen molar-refractivity contribution in [2.45, 2.75) is 6.54 Å². The van der Waals surface area contributed by atoms with Crippen LogP contribution in [0, 0.1) is 0 Å². The average Bonchev–Trinajstić information content (AvgIpc) is 3.13. The van der Waals surface area contributed by atoms with Gasteiger partial charge in [0.1, 0.15) is 6.54 Å². The van der Waals surface area contributed by atoms with Crippen LogP contribution in [-0.2, 0) is 11.3 Å². The number of halogens is 1. The van der Waals surface area contributed by atoms with Gasteiger partial charge in [-0.25, -0.2) is 4.98 Å². The Labute approximate surface area is 163 Å². The molecule has 27 heavy (non-hydrogen) atoms. The predicted octanol–water partition coefficient (Wildman–Crippen LogP) is 4.42. The van der Waals surface area contributed by atoms with Gasteiger partial charge >= 0.3 is 0 Å². The number of rotatable bonds is 4. The Morgan fingerprint density at radius 2 is 1.96 bits per heavy atom. The summed E-state index contributed by atoms with van der Waals surface area (Å²) in [6.45, 7) is 0.0681. The van der Waals surface area contributed by atoms with Crippen molar-refractivity contribution < 1.29 is 4.79 Å². The Balaban J connectivity index is 1.54. The lowest BCUT2D eigenvalue weighted by Crippen LogP contribution is -2.20. The van der Waals surface area contributed by atoms with Gasteiger partial charge in [0.15, 0.2) is 10.6 Å². The first-order chi connectivity index (χ1) is 13.1. The maximum absolute atomic E-state index is 12.5. The zero-order valence-corrected chi connectivity index (χ0v) is 15.6. The lowest BCUT2D eigenvalue weighted by atomic mass is 10.2. The molecule has 4 rings (SSSR count). The van der Waals surface area contributed by atoms with E-state index in [-0.39, 0.29) is 17.9 Å². The maximum atomic E-state index is 12.5. The maximum Gasteiger partial charge on any atom is 0.246 e. The SMILES string of the molecule is O=C(Cn1ccc(=O)c2cc(Cl)ccc21)Nc1nc(-c2ccccc2)cs1. The summed E-state index contributed by atoms with van der Waals surface area (Å²) in [5.41, 5.74) is 2.35. The second-order valence-corrected chi connectivity index (χ2v) is 7.22. The highest BCUT2D eigenvalue weighted by Crippen LogP contribution is 2.24. The molecule has 4 aromatic rings. The number of carbonyl (C=O) groups is 1. The minimum absolute atomic E-state index is 0.0681. The fourth-order valence-electron chi connectivity index (χ4n) is 2.81. The van der Waals surface area contributed by atoms with Crippen LogP contribution in [0.25, 0.3) is 22.2 Å². The summed E-state index contributed by atoms with van der Waals surface area (Å²) in [5, 5.41) is 6.22. The van der Waals surface area contributed by atoms with Crippen LogP contribution in [0.15, 0.2) is 71.0 Å². The Morgan fingerprint density at radius 1 is 1.15 bits per heavy atom. The molecule has 2 aromatic heterocycles. The summed E-state index contributed by atoms with van der Waals surface area (Å²) in [6.07, 6.45) is 1.61. The highest BCUT2D eigenvalue weighted by Gasteiger charge is 2.10. The number of hydrogen-bond donors (Lipinski definition) is 1. The number of anilines is 1. The summed E-state index contributed by atoms with van der Waals surface area (Å²) < 4.78 is 1.72. The first-order valence-corrected chi connectivity index (χ1v) is 9.45. The molecule has 1 amide bonds. The molecule has 0 unspecified atom stereocenters. The van der Waals surface area contributed by atoms with E-state index in [1.165, 1.54) is 17.4 Å². The van der Waals surface area contributed by atoms with Gasteiger partial charge in [0.25, 0.3) is 0 Å². The first kappa shape index (κ1) is 17.5. The van der Waals surface area contributed by atoms with Gasteiger partial charge in [0, 0.05) is 33.6 Å². The van der Waals surface area contributed by atoms with Gasteiger partial charge in [-0.05, 0) is 18.2 Å². The normalized spacial score (nSPS) is 10.9. The quantitative estimate of drug-likeness (QED) is 0.556. The molecule has 1 N–H and O–H groups in total. The third kappa shape index (κ3) is 3.77. The molecule has 0 aliphatic heterocycles. The molecule has 0 aliphatic rings. The van der Waals surface area contributed by atoms with Crippen LogP contribution >= 0.6 is 22.9 Å². The fraction of sp³-hybridized carbons (Fsp3) is 0.0500. The lowest BCUT2D eigenvalue weighted by Gasteiger charge is -2.10. The number of pyridine rings is 1. The van der Waals surface area contributed by atoms with Crippen molar-refractivity contribution in [1.29, 1.82) is 0 Å². The van der Waals surface area contributed by atoms with Crippen molar-refractivity contribution in [2.24, 2.45) is 0 Å². The van der Waals surface area contributed by atoms with Crippen LogP contribution in [-0.4, -0.2) is 15.5 Å². The Hall–Kier alpha value is -2.96. The predicted molar refractivity (Wildman–Crippen MR) is 109 cm³/mol. The van der Waals surface area contributed by atoms with Crippen LogP contribution in [0.2, 0.25) is 5.02 Å². The van der Waals surface area contributed by atoms with Crippen LogP contribution in [0.4, 0.5) is 5.13 Å². The minimum atomic E-state index is -0.219. The van der Waals surface area contributed by atoms with E-state index in [0.717, 1.165) is 11.3 Å². The Kier molecular flexibility index (Phi) is 4.75. The molecule has 7 heteroatoms. The van der Waals surface area contributed by atoms with Gasteiger partial charge in [0.2, 0.25) is 5.91 Å². The first-order valence-electron chi connectivity index (χ1n) is 8.20. The van der Waals surface area contributed by atoms with E-state index in [9.17, 15) is 9.59 Å². The van der Waals surface area contributed by atoms with Crippen molar-refractivity contribution in [3.05, 3.63) is 81.4 Å². The summed E-state index contributed by atoms with van der Waals surface area (Å²) in [5.74, 6) is -0.219. The zero-order valence-electron chi connectivity index (χ0n) is 14.1. The summed E-state index contributed by atoms with van der Waals surface area (Å²) >= 11 is 7.35. The molecule has 0 saturated carbocycles. The monoisotopic (exact) mass is 395 g/mol. The van der Waals surface area contributed by atoms with Gasteiger partial charge in [-0.15, -0.1) is 11.3 Å². The van der Waals surface area contributed by atoms with Gasteiger partial charge in [0.05, 0.1) is 11.2 Å². The van der Waals surface area contributed by atoms with E-state index in [4.69, 9.17) is 11.6 Å². The molecule has 0 radical (unpaired) electrons. The second-order valence-electron chi connectivity index (χ2n) is 5.92. The van der Waals surface area contributed by atoms with Crippen LogP contribution in [0.5, 0.6) is 0 Å². The Bertz CT molecular complexity index is 1180. The molecule has 0 atom stereocenters.